The molecular weight excluding hydrogens is 380 g/mol. The van der Waals surface area contributed by atoms with E-state index in [1.165, 1.54) is 0 Å². The maximum Gasteiger partial charge on any atom is 0.311 e. The van der Waals surface area contributed by atoms with E-state index in [0.29, 0.717) is 0 Å². The molecule has 1 heterocycles. The van der Waals surface area contributed by atoms with Gasteiger partial charge in [0.15, 0.2) is 16.5 Å². The summed E-state index contributed by atoms with van der Waals surface area (Å²) in [5.41, 5.74) is 0.0685. The SMILES string of the molecule is CC[Si](CC)(CC)N1C(=O)N([Si](CC)(CC)CC)C(C)(c2ccccc2)C1=O. The average Bonchev–Trinajstić information content (AvgIpc) is 2.95. The third kappa shape index (κ3) is 3.09. The Hall–Kier alpha value is -1.41. The van der Waals surface area contributed by atoms with E-state index in [4.69, 9.17) is 0 Å². The zero-order valence-corrected chi connectivity index (χ0v) is 20.8. The molecule has 0 radical (unpaired) electrons. The highest BCUT2D eigenvalue weighted by molar-refractivity contribution is 6.84. The minimum Gasteiger partial charge on any atom is -0.335 e. The van der Waals surface area contributed by atoms with Gasteiger partial charge in [0.1, 0.15) is 5.54 Å². The summed E-state index contributed by atoms with van der Waals surface area (Å²) in [5.74, 6) is 0.0214. The monoisotopic (exact) mass is 418 g/mol. The van der Waals surface area contributed by atoms with Crippen molar-refractivity contribution in [1.29, 1.82) is 0 Å². The second kappa shape index (κ2) is 8.53. The lowest BCUT2D eigenvalue weighted by Gasteiger charge is -2.45. The lowest BCUT2D eigenvalue weighted by atomic mass is 9.92. The van der Waals surface area contributed by atoms with Crippen molar-refractivity contribution in [2.45, 2.75) is 90.3 Å². The number of carbonyl (C=O) groups is 2. The van der Waals surface area contributed by atoms with Crippen molar-refractivity contribution in [3.8, 4) is 0 Å². The summed E-state index contributed by atoms with van der Waals surface area (Å²) in [6.07, 6.45) is 0. The molecule has 0 aromatic heterocycles. The second-order valence-electron chi connectivity index (χ2n) is 8.27. The number of nitrogens with zero attached hydrogens (tertiary/aromatic N) is 2. The molecule has 1 fully saturated rings. The van der Waals surface area contributed by atoms with Crippen molar-refractivity contribution >= 4 is 28.4 Å². The summed E-state index contributed by atoms with van der Waals surface area (Å²) in [7, 11) is -4.30. The van der Waals surface area contributed by atoms with Crippen LogP contribution in [0, 0.1) is 0 Å². The highest BCUT2D eigenvalue weighted by atomic mass is 28.3. The van der Waals surface area contributed by atoms with Crippen LogP contribution in [-0.2, 0) is 10.3 Å². The first-order chi connectivity index (χ1) is 13.3. The molecule has 4 nitrogen and oxygen atoms in total. The number of hydrogen-bond acceptors (Lipinski definition) is 2. The van der Waals surface area contributed by atoms with E-state index in [9.17, 15) is 9.59 Å². The maximum atomic E-state index is 14.1. The molecule has 1 aliphatic rings. The predicted molar refractivity (Wildman–Crippen MR) is 122 cm³/mol. The van der Waals surface area contributed by atoms with Crippen LogP contribution in [0.25, 0.3) is 0 Å². The van der Waals surface area contributed by atoms with Crippen molar-refractivity contribution in [2.75, 3.05) is 0 Å². The number of benzene rings is 1. The summed E-state index contributed by atoms with van der Waals surface area (Å²) in [6, 6.07) is 15.7. The molecule has 1 saturated heterocycles. The van der Waals surface area contributed by atoms with E-state index in [0.717, 1.165) is 41.8 Å². The molecule has 156 valence electrons. The first kappa shape index (κ1) is 22.9. The molecule has 2 rings (SSSR count). The van der Waals surface area contributed by atoms with Crippen molar-refractivity contribution in [3.05, 3.63) is 35.9 Å². The molecule has 1 aromatic rings. The minimum atomic E-state index is -2.18. The number of urea groups is 1. The molecule has 1 aromatic carbocycles. The number of imide groups is 1. The Kier molecular flexibility index (Phi) is 6.97. The van der Waals surface area contributed by atoms with Gasteiger partial charge in [-0.2, -0.15) is 0 Å². The summed E-state index contributed by atoms with van der Waals surface area (Å²) in [4.78, 5) is 28.1. The quantitative estimate of drug-likeness (QED) is 0.355. The third-order valence-electron chi connectivity index (χ3n) is 7.68. The Balaban J connectivity index is 2.80. The molecule has 0 N–H and O–H groups in total. The van der Waals surface area contributed by atoms with Gasteiger partial charge in [-0.15, -0.1) is 0 Å². The average molecular weight is 419 g/mol. The summed E-state index contributed by atoms with van der Waals surface area (Å²) in [5, 5.41) is 0. The van der Waals surface area contributed by atoms with Gasteiger partial charge in [0.05, 0.1) is 0 Å². The predicted octanol–water partition coefficient (Wildman–Crippen LogP) is 6.18. The van der Waals surface area contributed by atoms with Gasteiger partial charge in [-0.3, -0.25) is 9.36 Å². The molecular formula is C22H38N2O2Si2. The van der Waals surface area contributed by atoms with E-state index >= 15 is 0 Å². The van der Waals surface area contributed by atoms with Gasteiger partial charge in [-0.1, -0.05) is 71.9 Å². The van der Waals surface area contributed by atoms with Crippen LogP contribution < -0.4 is 0 Å². The van der Waals surface area contributed by atoms with Crippen LogP contribution in [0.2, 0.25) is 36.3 Å². The van der Waals surface area contributed by atoms with Gasteiger partial charge in [0.25, 0.3) is 5.91 Å². The molecule has 1 atom stereocenters. The molecule has 0 aliphatic carbocycles. The Bertz CT molecular complexity index is 685. The topological polar surface area (TPSA) is 40.6 Å². The molecule has 1 unspecified atom stereocenters. The van der Waals surface area contributed by atoms with Crippen molar-refractivity contribution in [3.63, 3.8) is 0 Å². The third-order valence-corrected chi connectivity index (χ3v) is 18.5. The van der Waals surface area contributed by atoms with Crippen LogP contribution in [0.4, 0.5) is 4.79 Å². The zero-order chi connectivity index (χ0) is 21.2. The van der Waals surface area contributed by atoms with Crippen molar-refractivity contribution in [1.82, 2.24) is 9.13 Å². The molecule has 0 spiro atoms. The number of hydrogen-bond donors (Lipinski definition) is 0. The summed E-state index contributed by atoms with van der Waals surface area (Å²) < 4.78 is 3.91. The highest BCUT2D eigenvalue weighted by Gasteiger charge is 2.64. The molecule has 28 heavy (non-hydrogen) atoms. The van der Waals surface area contributed by atoms with Crippen LogP contribution in [-0.4, -0.2) is 37.5 Å². The van der Waals surface area contributed by atoms with Gasteiger partial charge in [-0.25, -0.2) is 4.79 Å². The zero-order valence-electron chi connectivity index (χ0n) is 18.8. The van der Waals surface area contributed by atoms with E-state index < -0.39 is 22.0 Å². The fraction of sp³-hybridized carbons (Fsp3) is 0.636. The van der Waals surface area contributed by atoms with Gasteiger partial charge in [-0.05, 0) is 48.8 Å². The molecule has 0 bridgehead atoms. The van der Waals surface area contributed by atoms with Crippen molar-refractivity contribution < 1.29 is 9.59 Å². The van der Waals surface area contributed by atoms with Gasteiger partial charge >= 0.3 is 6.03 Å². The van der Waals surface area contributed by atoms with Crippen LogP contribution in [0.3, 0.4) is 0 Å². The second-order valence-corrected chi connectivity index (χ2v) is 18.3. The molecule has 3 amide bonds. The lowest BCUT2D eigenvalue weighted by molar-refractivity contribution is -0.129. The smallest absolute Gasteiger partial charge is 0.311 e. The first-order valence-corrected chi connectivity index (χ1v) is 16.2. The van der Waals surface area contributed by atoms with Crippen LogP contribution in [0.5, 0.6) is 0 Å². The Morgan fingerprint density at radius 2 is 1.18 bits per heavy atom. The standard InChI is InChI=1S/C22H38N2O2Si2/c1-8-27(9-2,10-3)23-20(25)22(7,19-17-15-14-16-18-19)24(21(23)26)28(11-4,12-5)13-6/h14-18H,8-13H2,1-7H3. The fourth-order valence-corrected chi connectivity index (χ4v) is 13.1. The van der Waals surface area contributed by atoms with Crippen LogP contribution in [0.15, 0.2) is 30.3 Å². The van der Waals surface area contributed by atoms with Crippen LogP contribution in [0.1, 0.15) is 54.0 Å². The Labute approximate surface area is 173 Å². The Morgan fingerprint density at radius 3 is 1.57 bits per heavy atom. The van der Waals surface area contributed by atoms with Crippen molar-refractivity contribution in [2.24, 2.45) is 0 Å². The highest BCUT2D eigenvalue weighted by Crippen LogP contribution is 2.47. The normalized spacial score (nSPS) is 21.0. The van der Waals surface area contributed by atoms with Gasteiger partial charge < -0.3 is 4.57 Å². The first-order valence-electron chi connectivity index (χ1n) is 11.0. The summed E-state index contributed by atoms with van der Waals surface area (Å²) in [6.45, 7) is 15.1. The summed E-state index contributed by atoms with van der Waals surface area (Å²) >= 11 is 0. The molecule has 1 aliphatic heterocycles. The maximum absolute atomic E-state index is 14.1. The number of carbonyl (C=O) groups excluding carboxylic acids is 2. The minimum absolute atomic E-state index is 0.00536. The largest absolute Gasteiger partial charge is 0.335 e. The number of amides is 3. The van der Waals surface area contributed by atoms with Gasteiger partial charge in [0, 0.05) is 0 Å². The fourth-order valence-electron chi connectivity index (χ4n) is 5.25. The van der Waals surface area contributed by atoms with E-state index in [2.05, 4.69) is 46.1 Å². The number of rotatable bonds is 9. The van der Waals surface area contributed by atoms with E-state index in [1.54, 1.807) is 4.57 Å². The van der Waals surface area contributed by atoms with E-state index in [1.807, 2.05) is 37.3 Å². The van der Waals surface area contributed by atoms with Gasteiger partial charge in [0.2, 0.25) is 0 Å². The molecule has 0 saturated carbocycles. The van der Waals surface area contributed by atoms with Crippen LogP contribution >= 0.6 is 0 Å². The lowest BCUT2D eigenvalue weighted by Crippen LogP contribution is -2.61. The molecule has 6 heteroatoms. The Morgan fingerprint density at radius 1 is 0.750 bits per heavy atom. The van der Waals surface area contributed by atoms with E-state index in [-0.39, 0.29) is 11.9 Å².